The number of carboxylic acid groups (broad SMARTS) is 1. The van der Waals surface area contributed by atoms with E-state index in [4.69, 9.17) is 5.11 Å². The lowest BCUT2D eigenvalue weighted by molar-refractivity contribution is -0.141. The zero-order valence-corrected chi connectivity index (χ0v) is 15.0. The molecule has 0 bridgehead atoms. The first-order valence-electron chi connectivity index (χ1n) is 9.51. The Hall–Kier alpha value is -1.23. The smallest absolute Gasteiger partial charge is 0.306 e. The summed E-state index contributed by atoms with van der Waals surface area (Å²) in [5.41, 5.74) is 0. The predicted octanol–water partition coefficient (Wildman–Crippen LogP) is 5.82. The fourth-order valence-corrected chi connectivity index (χ4v) is 3.21. The van der Waals surface area contributed by atoms with Crippen LogP contribution in [0.5, 0.6) is 0 Å². The molecule has 0 aromatic carbocycles. The molecule has 2 heteroatoms. The highest BCUT2D eigenvalue weighted by atomic mass is 16.4. The normalized spacial score (nSPS) is 22.0. The van der Waals surface area contributed by atoms with E-state index in [2.05, 4.69) is 30.9 Å². The molecule has 2 nitrogen and oxygen atoms in total. The van der Waals surface area contributed by atoms with Crippen molar-refractivity contribution in [2.75, 3.05) is 0 Å². The molecule has 130 valence electrons. The van der Waals surface area contributed by atoms with Crippen molar-refractivity contribution in [1.29, 1.82) is 0 Å². The van der Waals surface area contributed by atoms with E-state index in [1.807, 2.05) is 0 Å². The number of carbonyl (C=O) groups is 1. The largest absolute Gasteiger partial charge is 0.481 e. The average Bonchev–Trinajstić information content (AvgIpc) is 2.97. The van der Waals surface area contributed by atoms with Gasteiger partial charge in [-0.2, -0.15) is 0 Å². The van der Waals surface area contributed by atoms with Gasteiger partial charge in [0.25, 0.3) is 0 Å². The summed E-state index contributed by atoms with van der Waals surface area (Å²) in [6.07, 6.45) is 17.2. The van der Waals surface area contributed by atoms with Gasteiger partial charge in [-0.25, -0.2) is 0 Å². The molecule has 1 rings (SSSR count). The summed E-state index contributed by atoms with van der Waals surface area (Å²) in [6, 6.07) is 0. The van der Waals surface area contributed by atoms with Gasteiger partial charge in [0.2, 0.25) is 0 Å². The van der Waals surface area contributed by atoms with Crippen molar-refractivity contribution in [3.05, 3.63) is 12.2 Å². The SMILES string of the molecule is CCCCCCC#C[C@H]1CCC[C@@H]1CC=CCC[C@H](C)C(=O)O. The molecular weight excluding hydrogens is 284 g/mol. The van der Waals surface area contributed by atoms with Gasteiger partial charge >= 0.3 is 5.97 Å². The van der Waals surface area contributed by atoms with Crippen LogP contribution in [0, 0.1) is 29.6 Å². The highest BCUT2D eigenvalue weighted by molar-refractivity contribution is 5.69. The van der Waals surface area contributed by atoms with E-state index in [9.17, 15) is 4.79 Å². The first kappa shape index (κ1) is 19.8. The van der Waals surface area contributed by atoms with Gasteiger partial charge in [-0.3, -0.25) is 4.79 Å². The van der Waals surface area contributed by atoms with Crippen molar-refractivity contribution in [1.82, 2.24) is 0 Å². The van der Waals surface area contributed by atoms with E-state index in [1.165, 1.54) is 44.9 Å². The maximum absolute atomic E-state index is 10.8. The van der Waals surface area contributed by atoms with Crippen LogP contribution in [0.2, 0.25) is 0 Å². The van der Waals surface area contributed by atoms with Crippen LogP contribution in [0.25, 0.3) is 0 Å². The molecule has 0 unspecified atom stereocenters. The minimum Gasteiger partial charge on any atom is -0.481 e. The van der Waals surface area contributed by atoms with Gasteiger partial charge in [-0.15, -0.1) is 5.92 Å². The Bertz CT molecular complexity index is 413. The zero-order chi connectivity index (χ0) is 16.9. The summed E-state index contributed by atoms with van der Waals surface area (Å²) in [6.45, 7) is 4.02. The molecule has 0 heterocycles. The van der Waals surface area contributed by atoms with Crippen molar-refractivity contribution in [2.45, 2.75) is 84.5 Å². The molecule has 0 amide bonds. The number of carboxylic acids is 1. The van der Waals surface area contributed by atoms with Crippen LogP contribution in [-0.2, 0) is 4.79 Å². The Labute approximate surface area is 142 Å². The Morgan fingerprint density at radius 2 is 2.09 bits per heavy atom. The first-order valence-corrected chi connectivity index (χ1v) is 9.51. The molecular formula is C21H34O2. The number of hydrogen-bond donors (Lipinski definition) is 1. The van der Waals surface area contributed by atoms with Crippen molar-refractivity contribution in [3.8, 4) is 11.8 Å². The van der Waals surface area contributed by atoms with Gasteiger partial charge in [0.1, 0.15) is 0 Å². The van der Waals surface area contributed by atoms with Crippen LogP contribution in [0.4, 0.5) is 0 Å². The van der Waals surface area contributed by atoms with Crippen molar-refractivity contribution in [2.24, 2.45) is 17.8 Å². The number of unbranched alkanes of at least 4 members (excludes halogenated alkanes) is 4. The van der Waals surface area contributed by atoms with Crippen molar-refractivity contribution in [3.63, 3.8) is 0 Å². The second kappa shape index (κ2) is 12.2. The Balaban J connectivity index is 2.22. The molecule has 0 radical (unpaired) electrons. The molecule has 0 spiro atoms. The van der Waals surface area contributed by atoms with E-state index in [0.717, 1.165) is 25.7 Å². The van der Waals surface area contributed by atoms with Crippen LogP contribution in [0.1, 0.15) is 84.5 Å². The topological polar surface area (TPSA) is 37.3 Å². The number of aliphatic carboxylic acids is 1. The summed E-state index contributed by atoms with van der Waals surface area (Å²) in [7, 11) is 0. The van der Waals surface area contributed by atoms with Crippen LogP contribution >= 0.6 is 0 Å². The lowest BCUT2D eigenvalue weighted by Gasteiger charge is -2.11. The van der Waals surface area contributed by atoms with Crippen molar-refractivity contribution < 1.29 is 9.90 Å². The third kappa shape index (κ3) is 8.84. The predicted molar refractivity (Wildman–Crippen MR) is 97.2 cm³/mol. The second-order valence-electron chi connectivity index (χ2n) is 6.95. The van der Waals surface area contributed by atoms with Gasteiger partial charge in [0, 0.05) is 12.3 Å². The second-order valence-corrected chi connectivity index (χ2v) is 6.95. The molecule has 1 N–H and O–H groups in total. The van der Waals surface area contributed by atoms with Gasteiger partial charge in [-0.05, 0) is 44.4 Å². The Morgan fingerprint density at radius 3 is 2.83 bits per heavy atom. The Morgan fingerprint density at radius 1 is 1.26 bits per heavy atom. The molecule has 1 fully saturated rings. The van der Waals surface area contributed by atoms with Crippen LogP contribution < -0.4 is 0 Å². The van der Waals surface area contributed by atoms with E-state index >= 15 is 0 Å². The summed E-state index contributed by atoms with van der Waals surface area (Å²) in [5, 5.41) is 8.86. The van der Waals surface area contributed by atoms with Crippen molar-refractivity contribution >= 4 is 5.97 Å². The summed E-state index contributed by atoms with van der Waals surface area (Å²) in [4.78, 5) is 10.8. The number of allylic oxidation sites excluding steroid dienone is 2. The van der Waals surface area contributed by atoms with E-state index in [1.54, 1.807) is 6.92 Å². The lowest BCUT2D eigenvalue weighted by Crippen LogP contribution is -2.08. The summed E-state index contributed by atoms with van der Waals surface area (Å²) in [5.74, 6) is 7.30. The quantitative estimate of drug-likeness (QED) is 0.313. The summed E-state index contributed by atoms with van der Waals surface area (Å²) >= 11 is 0. The van der Waals surface area contributed by atoms with E-state index < -0.39 is 5.97 Å². The number of rotatable bonds is 10. The van der Waals surface area contributed by atoms with Crippen LogP contribution in [0.3, 0.4) is 0 Å². The molecule has 23 heavy (non-hydrogen) atoms. The van der Waals surface area contributed by atoms with Gasteiger partial charge in [0.15, 0.2) is 0 Å². The van der Waals surface area contributed by atoms with E-state index in [-0.39, 0.29) is 5.92 Å². The maximum atomic E-state index is 10.8. The minimum absolute atomic E-state index is 0.238. The monoisotopic (exact) mass is 318 g/mol. The molecule has 1 aliphatic carbocycles. The highest BCUT2D eigenvalue weighted by Gasteiger charge is 2.24. The van der Waals surface area contributed by atoms with Gasteiger partial charge in [0.05, 0.1) is 5.92 Å². The van der Waals surface area contributed by atoms with E-state index in [0.29, 0.717) is 11.8 Å². The first-order chi connectivity index (χ1) is 11.1. The third-order valence-corrected chi connectivity index (χ3v) is 4.90. The molecule has 3 atom stereocenters. The highest BCUT2D eigenvalue weighted by Crippen LogP contribution is 2.34. The lowest BCUT2D eigenvalue weighted by atomic mass is 9.92. The molecule has 1 saturated carbocycles. The molecule has 0 saturated heterocycles. The fourth-order valence-electron chi connectivity index (χ4n) is 3.21. The Kier molecular flexibility index (Phi) is 10.5. The molecule has 0 aliphatic heterocycles. The zero-order valence-electron chi connectivity index (χ0n) is 15.0. The molecule has 1 aliphatic rings. The van der Waals surface area contributed by atoms with Gasteiger partial charge < -0.3 is 5.11 Å². The fraction of sp³-hybridized carbons (Fsp3) is 0.762. The average molecular weight is 319 g/mol. The molecule has 0 aromatic heterocycles. The van der Waals surface area contributed by atoms with Crippen LogP contribution in [-0.4, -0.2) is 11.1 Å². The maximum Gasteiger partial charge on any atom is 0.306 e. The minimum atomic E-state index is -0.691. The van der Waals surface area contributed by atoms with Crippen LogP contribution in [0.15, 0.2) is 12.2 Å². The van der Waals surface area contributed by atoms with Gasteiger partial charge in [-0.1, -0.05) is 57.6 Å². The third-order valence-electron chi connectivity index (χ3n) is 4.90. The standard InChI is InChI=1S/C21H34O2/c1-3-4-5-6-7-10-14-19-16-12-17-20(19)15-11-8-9-13-18(2)21(22)23/h8,11,18-20H,3-7,9,12-13,15-17H2,1-2H3,(H,22,23)/t18-,19-,20-/m0/s1. The molecule has 0 aromatic rings. The summed E-state index contributed by atoms with van der Waals surface area (Å²) < 4.78 is 0. The number of hydrogen-bond acceptors (Lipinski definition) is 1.